The zero-order valence-corrected chi connectivity index (χ0v) is 11.0. The molecule has 0 bridgehead atoms. The number of hydrogen-bond acceptors (Lipinski definition) is 6. The monoisotopic (exact) mass is 257 g/mol. The van der Waals surface area contributed by atoms with E-state index in [4.69, 9.17) is 9.47 Å². The average Bonchev–Trinajstić information content (AvgIpc) is 2.77. The van der Waals surface area contributed by atoms with Crippen LogP contribution in [-0.4, -0.2) is 48.9 Å². The second kappa shape index (κ2) is 7.78. The van der Waals surface area contributed by atoms with E-state index < -0.39 is 5.97 Å². The molecule has 1 rings (SSSR count). The predicted octanol–water partition coefficient (Wildman–Crippen LogP) is 0.638. The molecule has 0 aliphatic heterocycles. The average molecular weight is 257 g/mol. The Hall–Kier alpha value is -1.47. The van der Waals surface area contributed by atoms with Crippen LogP contribution >= 0.6 is 0 Å². The van der Waals surface area contributed by atoms with Crippen molar-refractivity contribution in [1.82, 2.24) is 15.0 Å². The van der Waals surface area contributed by atoms with Crippen LogP contribution in [0.25, 0.3) is 0 Å². The van der Waals surface area contributed by atoms with E-state index in [0.717, 1.165) is 12.8 Å². The molecule has 0 saturated carbocycles. The first-order valence-electron chi connectivity index (χ1n) is 5.73. The van der Waals surface area contributed by atoms with E-state index in [-0.39, 0.29) is 12.3 Å². The highest BCUT2D eigenvalue weighted by molar-refractivity contribution is 5.88. The molecular formula is C11H19N3O4. The minimum atomic E-state index is -0.495. The van der Waals surface area contributed by atoms with E-state index in [1.165, 1.54) is 7.11 Å². The van der Waals surface area contributed by atoms with Crippen molar-refractivity contribution in [2.24, 2.45) is 0 Å². The lowest BCUT2D eigenvalue weighted by Crippen LogP contribution is -2.11. The minimum Gasteiger partial charge on any atom is -0.464 e. The van der Waals surface area contributed by atoms with Crippen LogP contribution in [0.3, 0.4) is 0 Å². The van der Waals surface area contributed by atoms with E-state index >= 15 is 0 Å². The van der Waals surface area contributed by atoms with Crippen molar-refractivity contribution in [1.29, 1.82) is 0 Å². The van der Waals surface area contributed by atoms with Gasteiger partial charge in [0.2, 0.25) is 0 Å². The van der Waals surface area contributed by atoms with Gasteiger partial charge < -0.3 is 14.2 Å². The molecule has 0 unspecified atom stereocenters. The van der Waals surface area contributed by atoms with E-state index in [1.807, 2.05) is 0 Å². The number of aryl methyl sites for hydroxylation is 1. The number of rotatable bonds is 8. The normalized spacial score (nSPS) is 10.6. The second-order valence-electron chi connectivity index (χ2n) is 3.73. The fraction of sp³-hybridized carbons (Fsp3) is 0.727. The van der Waals surface area contributed by atoms with Crippen LogP contribution in [0.1, 0.15) is 29.0 Å². The molecule has 1 aromatic rings. The smallest absolute Gasteiger partial charge is 0.360 e. The zero-order valence-electron chi connectivity index (χ0n) is 11.0. The molecule has 0 aliphatic rings. The minimum absolute atomic E-state index is 0.214. The lowest BCUT2D eigenvalue weighted by atomic mass is 10.3. The van der Waals surface area contributed by atoms with Gasteiger partial charge in [-0.15, -0.1) is 5.10 Å². The van der Waals surface area contributed by atoms with Crippen molar-refractivity contribution in [3.63, 3.8) is 0 Å². The molecule has 0 aromatic carbocycles. The van der Waals surface area contributed by atoms with Gasteiger partial charge in [0.15, 0.2) is 5.69 Å². The number of ether oxygens (including phenoxy) is 3. The molecule has 0 amide bonds. The summed E-state index contributed by atoms with van der Waals surface area (Å²) in [7, 11) is 4.54. The lowest BCUT2D eigenvalue weighted by Gasteiger charge is -2.06. The molecule has 1 aromatic heterocycles. The highest BCUT2D eigenvalue weighted by atomic mass is 16.5. The summed E-state index contributed by atoms with van der Waals surface area (Å²) in [6, 6.07) is 0. The van der Waals surface area contributed by atoms with Gasteiger partial charge in [0.1, 0.15) is 0 Å². The highest BCUT2D eigenvalue weighted by Gasteiger charge is 2.19. The van der Waals surface area contributed by atoms with Gasteiger partial charge in [0.25, 0.3) is 0 Å². The van der Waals surface area contributed by atoms with Crippen LogP contribution in [0.15, 0.2) is 0 Å². The summed E-state index contributed by atoms with van der Waals surface area (Å²) in [4.78, 5) is 11.5. The molecule has 7 nitrogen and oxygen atoms in total. The van der Waals surface area contributed by atoms with Crippen molar-refractivity contribution in [3.05, 3.63) is 11.4 Å². The van der Waals surface area contributed by atoms with Crippen LogP contribution in [-0.2, 0) is 27.4 Å². The third-order valence-corrected chi connectivity index (χ3v) is 2.47. The standard InChI is InChI=1S/C11H19N3O4/c1-16-7-5-4-6-14-9(8-17-2)10(12-13-14)11(15)18-3/h4-8H2,1-3H3. The maximum atomic E-state index is 11.5. The predicted molar refractivity (Wildman–Crippen MR) is 63.2 cm³/mol. The number of hydrogen-bond donors (Lipinski definition) is 0. The Balaban J connectivity index is 2.71. The van der Waals surface area contributed by atoms with E-state index in [1.54, 1.807) is 18.9 Å². The largest absolute Gasteiger partial charge is 0.464 e. The highest BCUT2D eigenvalue weighted by Crippen LogP contribution is 2.09. The van der Waals surface area contributed by atoms with Gasteiger partial charge in [-0.25, -0.2) is 9.48 Å². The molecule has 0 fully saturated rings. The maximum absolute atomic E-state index is 11.5. The van der Waals surface area contributed by atoms with E-state index in [9.17, 15) is 4.79 Å². The summed E-state index contributed by atoms with van der Waals surface area (Å²) in [5.74, 6) is -0.495. The molecular weight excluding hydrogens is 238 g/mol. The fourth-order valence-electron chi connectivity index (χ4n) is 1.56. The zero-order chi connectivity index (χ0) is 13.4. The number of aromatic nitrogens is 3. The summed E-state index contributed by atoms with van der Waals surface area (Å²) in [5.41, 5.74) is 0.854. The van der Waals surface area contributed by atoms with E-state index in [2.05, 4.69) is 15.0 Å². The molecule has 102 valence electrons. The molecule has 0 saturated heterocycles. The summed E-state index contributed by atoms with van der Waals surface area (Å²) in [6.07, 6.45) is 1.82. The maximum Gasteiger partial charge on any atom is 0.360 e. The first-order chi connectivity index (χ1) is 8.74. The van der Waals surface area contributed by atoms with Crippen molar-refractivity contribution in [3.8, 4) is 0 Å². The molecule has 0 aliphatic carbocycles. The third-order valence-electron chi connectivity index (χ3n) is 2.47. The molecule has 0 N–H and O–H groups in total. The van der Waals surface area contributed by atoms with Gasteiger partial charge in [0.05, 0.1) is 19.4 Å². The van der Waals surface area contributed by atoms with Crippen LogP contribution < -0.4 is 0 Å². The van der Waals surface area contributed by atoms with Crippen molar-refractivity contribution >= 4 is 5.97 Å². The van der Waals surface area contributed by atoms with Crippen LogP contribution in [0.2, 0.25) is 0 Å². The van der Waals surface area contributed by atoms with Gasteiger partial charge in [0, 0.05) is 27.4 Å². The Morgan fingerprint density at radius 2 is 2.00 bits per heavy atom. The number of carbonyl (C=O) groups is 1. The Morgan fingerprint density at radius 1 is 1.22 bits per heavy atom. The van der Waals surface area contributed by atoms with Gasteiger partial charge in [-0.2, -0.15) is 0 Å². The molecule has 7 heteroatoms. The van der Waals surface area contributed by atoms with Crippen LogP contribution in [0, 0.1) is 0 Å². The topological polar surface area (TPSA) is 75.5 Å². The first-order valence-corrected chi connectivity index (χ1v) is 5.73. The Labute approximate surface area is 106 Å². The van der Waals surface area contributed by atoms with Crippen molar-refractivity contribution < 1.29 is 19.0 Å². The van der Waals surface area contributed by atoms with Gasteiger partial charge in [-0.05, 0) is 12.8 Å². The fourth-order valence-corrected chi connectivity index (χ4v) is 1.56. The summed E-state index contributed by atoms with van der Waals surface area (Å²) >= 11 is 0. The van der Waals surface area contributed by atoms with Crippen molar-refractivity contribution in [2.45, 2.75) is 26.0 Å². The quantitative estimate of drug-likeness (QED) is 0.502. The molecule has 1 heterocycles. The molecule has 18 heavy (non-hydrogen) atoms. The summed E-state index contributed by atoms with van der Waals surface area (Å²) in [5, 5.41) is 7.78. The van der Waals surface area contributed by atoms with Crippen LogP contribution in [0.5, 0.6) is 0 Å². The van der Waals surface area contributed by atoms with Gasteiger partial charge in [-0.3, -0.25) is 0 Å². The number of unbranched alkanes of at least 4 members (excludes halogenated alkanes) is 1. The van der Waals surface area contributed by atoms with Crippen molar-refractivity contribution in [2.75, 3.05) is 27.9 Å². The second-order valence-corrected chi connectivity index (χ2v) is 3.73. The third kappa shape index (κ3) is 3.78. The first kappa shape index (κ1) is 14.6. The number of carbonyl (C=O) groups excluding carboxylic acids is 1. The van der Waals surface area contributed by atoms with E-state index in [0.29, 0.717) is 18.8 Å². The Morgan fingerprint density at radius 3 is 2.61 bits per heavy atom. The van der Waals surface area contributed by atoms with Gasteiger partial charge >= 0.3 is 5.97 Å². The van der Waals surface area contributed by atoms with Gasteiger partial charge in [-0.1, -0.05) is 5.21 Å². The molecule has 0 atom stereocenters. The molecule has 0 spiro atoms. The Kier molecular flexibility index (Phi) is 6.31. The summed E-state index contributed by atoms with van der Waals surface area (Å²) in [6.45, 7) is 1.66. The number of methoxy groups -OCH3 is 3. The van der Waals surface area contributed by atoms with Crippen LogP contribution in [0.4, 0.5) is 0 Å². The number of nitrogens with zero attached hydrogens (tertiary/aromatic N) is 3. The lowest BCUT2D eigenvalue weighted by molar-refractivity contribution is 0.0588. The Bertz CT molecular complexity index is 378. The SMILES string of the molecule is COCCCCn1nnc(C(=O)OC)c1COC. The number of esters is 1. The summed E-state index contributed by atoms with van der Waals surface area (Å²) < 4.78 is 16.4. The molecule has 0 radical (unpaired) electrons.